The van der Waals surface area contributed by atoms with Gasteiger partial charge in [-0.05, 0) is 103 Å². The Kier molecular flexibility index (Phi) is 10.9. The van der Waals surface area contributed by atoms with E-state index in [0.717, 1.165) is 88.8 Å². The van der Waals surface area contributed by atoms with Crippen LogP contribution in [0.15, 0.2) is 173 Å². The van der Waals surface area contributed by atoms with Crippen molar-refractivity contribution in [3.8, 4) is 0 Å². The number of para-hydroxylation sites is 4. The van der Waals surface area contributed by atoms with Crippen LogP contribution in [0, 0.1) is 0 Å². The van der Waals surface area contributed by atoms with E-state index < -0.39 is 0 Å². The summed E-state index contributed by atoms with van der Waals surface area (Å²) in [5, 5.41) is 11.7. The largest absolute Gasteiger partial charge is 0.454 e. The molecule has 0 bridgehead atoms. The summed E-state index contributed by atoms with van der Waals surface area (Å²) in [6.07, 6.45) is 0. The molecule has 4 nitrogen and oxygen atoms in total. The maximum Gasteiger partial charge on any atom is 0.159 e. The minimum atomic E-state index is -0.123. The van der Waals surface area contributed by atoms with Gasteiger partial charge in [-0.1, -0.05) is 211 Å². The number of fused-ring (bicyclic) bond motifs is 6. The molecule has 0 spiro atoms. The molecule has 370 valence electrons. The van der Waals surface area contributed by atoms with Crippen molar-refractivity contribution in [3.63, 3.8) is 0 Å². The molecule has 0 aliphatic heterocycles. The van der Waals surface area contributed by atoms with Crippen LogP contribution in [0.2, 0.25) is 0 Å². The Balaban J connectivity index is 1.24. The summed E-state index contributed by atoms with van der Waals surface area (Å²) in [7, 11) is 0. The number of benzene rings is 10. The third-order valence-corrected chi connectivity index (χ3v) is 15.8. The smallest absolute Gasteiger partial charge is 0.159 e. The molecule has 0 amide bonds. The third kappa shape index (κ3) is 7.62. The van der Waals surface area contributed by atoms with Crippen LogP contribution in [0.25, 0.3) is 76.2 Å². The Labute approximate surface area is 436 Å². The molecule has 0 unspecified atom stereocenters. The zero-order valence-electron chi connectivity index (χ0n) is 45.5. The molecule has 10 aromatic carbocycles. The maximum absolute atomic E-state index is 7.29. The van der Waals surface area contributed by atoms with Gasteiger partial charge in [-0.15, -0.1) is 0 Å². The SMILES string of the molecule is CC(C)c1ccc(N(c2cc(N(c3ccc(C(C)C)cc3)c3cccc4c3oc3c(C(C)(C)C)cccc34)c3ccc4cc(C(C)(C)C)cc5ccc2c3c54)c2cccc3c2oc2c(C(C)(C)C)cccc23)cc1. The van der Waals surface area contributed by atoms with Gasteiger partial charge >= 0.3 is 0 Å². The fraction of sp³-hybridized carbons (Fsp3) is 0.257. The van der Waals surface area contributed by atoms with Crippen LogP contribution in [-0.2, 0) is 16.2 Å². The second-order valence-electron chi connectivity index (χ2n) is 24.6. The van der Waals surface area contributed by atoms with E-state index in [1.54, 1.807) is 0 Å². The van der Waals surface area contributed by atoms with E-state index in [1.807, 2.05) is 0 Å². The summed E-state index contributed by atoms with van der Waals surface area (Å²) < 4.78 is 14.6. The number of anilines is 6. The summed E-state index contributed by atoms with van der Waals surface area (Å²) in [6.45, 7) is 29.6. The van der Waals surface area contributed by atoms with E-state index in [1.165, 1.54) is 49.4 Å². The van der Waals surface area contributed by atoms with E-state index in [2.05, 4.69) is 264 Å². The number of furan rings is 2. The highest BCUT2D eigenvalue weighted by molar-refractivity contribution is 6.29. The van der Waals surface area contributed by atoms with Gasteiger partial charge in [0.1, 0.15) is 11.2 Å². The molecule has 0 radical (unpaired) electrons. The monoisotopic (exact) mass is 969 g/mol. The van der Waals surface area contributed by atoms with Crippen LogP contribution < -0.4 is 9.80 Å². The molecule has 2 heterocycles. The van der Waals surface area contributed by atoms with E-state index >= 15 is 0 Å². The lowest BCUT2D eigenvalue weighted by Gasteiger charge is -2.32. The molecule has 12 aromatic rings. The molecule has 2 aromatic heterocycles. The number of hydrogen-bond donors (Lipinski definition) is 0. The van der Waals surface area contributed by atoms with Crippen molar-refractivity contribution in [2.24, 2.45) is 0 Å². The van der Waals surface area contributed by atoms with Crippen LogP contribution >= 0.6 is 0 Å². The number of rotatable bonds is 8. The van der Waals surface area contributed by atoms with Gasteiger partial charge < -0.3 is 18.6 Å². The highest BCUT2D eigenvalue weighted by Gasteiger charge is 2.30. The summed E-state index contributed by atoms with van der Waals surface area (Å²) >= 11 is 0. The van der Waals surface area contributed by atoms with Gasteiger partial charge in [0.05, 0.1) is 22.7 Å². The van der Waals surface area contributed by atoms with Gasteiger partial charge in [-0.2, -0.15) is 0 Å². The highest BCUT2D eigenvalue weighted by atomic mass is 16.3. The molecule has 74 heavy (non-hydrogen) atoms. The fourth-order valence-corrected chi connectivity index (χ4v) is 11.7. The van der Waals surface area contributed by atoms with Crippen molar-refractivity contribution < 1.29 is 8.83 Å². The minimum Gasteiger partial charge on any atom is -0.454 e. The van der Waals surface area contributed by atoms with E-state index in [-0.39, 0.29) is 16.2 Å². The molecule has 12 rings (SSSR count). The lowest BCUT2D eigenvalue weighted by atomic mass is 9.83. The molecule has 0 aliphatic carbocycles. The van der Waals surface area contributed by atoms with Crippen molar-refractivity contribution in [1.29, 1.82) is 0 Å². The zero-order valence-corrected chi connectivity index (χ0v) is 45.5. The lowest BCUT2D eigenvalue weighted by molar-refractivity contribution is 0.572. The second-order valence-corrected chi connectivity index (χ2v) is 24.6. The normalized spacial score (nSPS) is 12.9. The van der Waals surface area contributed by atoms with Crippen molar-refractivity contribution in [2.45, 2.75) is 118 Å². The number of nitrogens with zero attached hydrogens (tertiary/aromatic N) is 2. The molecule has 0 saturated heterocycles. The van der Waals surface area contributed by atoms with Gasteiger partial charge in [0, 0.05) is 60.2 Å². The zero-order chi connectivity index (χ0) is 51.7. The molecular weight excluding hydrogens is 901 g/mol. The van der Waals surface area contributed by atoms with Crippen LogP contribution in [0.3, 0.4) is 0 Å². The van der Waals surface area contributed by atoms with Gasteiger partial charge in [0.15, 0.2) is 11.2 Å². The third-order valence-electron chi connectivity index (χ3n) is 15.8. The molecule has 0 aliphatic rings. The van der Waals surface area contributed by atoms with Gasteiger partial charge in [0.25, 0.3) is 0 Å². The van der Waals surface area contributed by atoms with Crippen LogP contribution in [0.5, 0.6) is 0 Å². The molecule has 0 N–H and O–H groups in total. The Bertz CT molecular complexity index is 3870. The van der Waals surface area contributed by atoms with Gasteiger partial charge in [0.2, 0.25) is 0 Å². The maximum atomic E-state index is 7.29. The van der Waals surface area contributed by atoms with Crippen LogP contribution in [0.4, 0.5) is 34.1 Å². The Morgan fingerprint density at radius 1 is 0.338 bits per heavy atom. The van der Waals surface area contributed by atoms with Gasteiger partial charge in [-0.3, -0.25) is 0 Å². The van der Waals surface area contributed by atoms with E-state index in [0.29, 0.717) is 11.8 Å². The fourth-order valence-electron chi connectivity index (χ4n) is 11.7. The molecule has 0 fully saturated rings. The summed E-state index contributed by atoms with van der Waals surface area (Å²) in [4.78, 5) is 4.94. The molecule has 0 atom stereocenters. The molecule has 0 saturated carbocycles. The average Bonchev–Trinajstić information content (AvgIpc) is 3.97. The topological polar surface area (TPSA) is 32.8 Å². The summed E-state index contributed by atoms with van der Waals surface area (Å²) in [5.74, 6) is 0.754. The van der Waals surface area contributed by atoms with Crippen molar-refractivity contribution in [2.75, 3.05) is 9.80 Å². The van der Waals surface area contributed by atoms with E-state index in [9.17, 15) is 0 Å². The highest BCUT2D eigenvalue weighted by Crippen LogP contribution is 2.54. The standard InChI is InChI=1S/C70H68N2O2/c1-41(2)43-26-32-48(33-27-43)71(58-24-16-20-52-50-18-14-22-56(69(8,9)10)64(50)73-66(52)58)60-40-61(55-37-31-46-39-47(68(5,6)7)38-45-30-36-54(60)63(55)62(45)46)72(49-34-28-44(29-35-49)42(3)4)59-25-17-21-53-51-19-15-23-57(70(11,12)13)65(51)74-67(53)59/h14-42H,1-13H3. The molecular formula is C70H68N2O2. The first kappa shape index (κ1) is 47.4. The first-order chi connectivity index (χ1) is 35.3. The van der Waals surface area contributed by atoms with Crippen LogP contribution in [0.1, 0.15) is 130 Å². The van der Waals surface area contributed by atoms with E-state index in [4.69, 9.17) is 8.83 Å². The van der Waals surface area contributed by atoms with Crippen molar-refractivity contribution in [1.82, 2.24) is 0 Å². The Hall–Kier alpha value is -7.56. The van der Waals surface area contributed by atoms with Crippen LogP contribution in [-0.4, -0.2) is 0 Å². The Morgan fingerprint density at radius 2 is 0.716 bits per heavy atom. The quantitative estimate of drug-likeness (QED) is 0.142. The Morgan fingerprint density at radius 3 is 1.08 bits per heavy atom. The van der Waals surface area contributed by atoms with Crippen molar-refractivity contribution in [3.05, 3.63) is 192 Å². The lowest BCUT2D eigenvalue weighted by Crippen LogP contribution is -2.15. The second kappa shape index (κ2) is 17.0. The number of hydrogen-bond acceptors (Lipinski definition) is 4. The predicted octanol–water partition coefficient (Wildman–Crippen LogP) is 21.5. The van der Waals surface area contributed by atoms with Crippen molar-refractivity contribution >= 4 is 110 Å². The first-order valence-electron chi connectivity index (χ1n) is 26.7. The van der Waals surface area contributed by atoms with Gasteiger partial charge in [-0.25, -0.2) is 0 Å². The summed E-state index contributed by atoms with van der Waals surface area (Å²) in [5.41, 5.74) is 15.8. The minimum absolute atomic E-state index is 0.0328. The predicted molar refractivity (Wildman–Crippen MR) is 318 cm³/mol. The summed E-state index contributed by atoms with van der Waals surface area (Å²) in [6, 6.07) is 61.7. The first-order valence-corrected chi connectivity index (χ1v) is 26.7. The average molecular weight is 969 g/mol. The molecule has 4 heteroatoms.